The second kappa shape index (κ2) is 11.9. The molecule has 4 atom stereocenters. The van der Waals surface area contributed by atoms with Gasteiger partial charge in [0.2, 0.25) is 0 Å². The molecule has 0 bridgehead atoms. The SMILES string of the molecule is C=C(C)C1CCC(C)=CC1c1c(OP(C)(=O)OC)cc(CCCCC)cc1OP(C)(=O)OC. The number of aryl methyl sites for hydroxylation is 1. The van der Waals surface area contributed by atoms with Gasteiger partial charge in [-0.05, 0) is 63.1 Å². The van der Waals surface area contributed by atoms with Crippen molar-refractivity contribution in [3.8, 4) is 11.5 Å². The smallest absolute Gasteiger partial charge is 0.375 e. The van der Waals surface area contributed by atoms with Crippen LogP contribution in [0.15, 0.2) is 35.9 Å². The van der Waals surface area contributed by atoms with Crippen molar-refractivity contribution in [2.24, 2.45) is 5.92 Å². The minimum atomic E-state index is -3.36. The standard InChI is InChI=1S/C25H40O6P2/c1-9-10-11-12-20-16-23(30-32(7,26)28-5)25(24(17-20)31-33(8,27)29-6)22-15-19(4)13-14-21(22)18(2)3/h15-17,21-22H,2,9-14H2,1,3-8H3. The number of rotatable bonds is 12. The van der Waals surface area contributed by atoms with E-state index in [9.17, 15) is 9.13 Å². The van der Waals surface area contributed by atoms with Gasteiger partial charge in [-0.15, -0.1) is 0 Å². The Hall–Kier alpha value is -1.32. The first-order chi connectivity index (χ1) is 15.4. The summed E-state index contributed by atoms with van der Waals surface area (Å²) in [5.41, 5.74) is 3.97. The molecule has 1 aromatic rings. The quantitative estimate of drug-likeness (QED) is 0.165. The zero-order chi connectivity index (χ0) is 24.8. The van der Waals surface area contributed by atoms with E-state index in [-0.39, 0.29) is 11.8 Å². The van der Waals surface area contributed by atoms with Gasteiger partial charge in [0.05, 0.1) is 0 Å². The molecule has 0 heterocycles. The van der Waals surface area contributed by atoms with E-state index in [0.717, 1.165) is 49.7 Å². The predicted molar refractivity (Wildman–Crippen MR) is 136 cm³/mol. The molecule has 0 N–H and O–H groups in total. The fourth-order valence-corrected chi connectivity index (χ4v) is 5.36. The third-order valence-electron chi connectivity index (χ3n) is 6.14. The Labute approximate surface area is 199 Å². The maximum atomic E-state index is 12.9. The topological polar surface area (TPSA) is 71.1 Å². The normalized spacial score (nSPS) is 22.1. The van der Waals surface area contributed by atoms with Crippen molar-refractivity contribution in [2.45, 2.75) is 65.2 Å². The lowest BCUT2D eigenvalue weighted by molar-refractivity contribution is 0.319. The van der Waals surface area contributed by atoms with Gasteiger partial charge in [0.15, 0.2) is 0 Å². The zero-order valence-corrected chi connectivity index (χ0v) is 23.0. The van der Waals surface area contributed by atoms with E-state index in [1.807, 2.05) is 19.1 Å². The van der Waals surface area contributed by atoms with Crippen molar-refractivity contribution >= 4 is 15.2 Å². The molecule has 1 aliphatic rings. The lowest BCUT2D eigenvalue weighted by Gasteiger charge is -2.33. The van der Waals surface area contributed by atoms with Crippen molar-refractivity contribution in [2.75, 3.05) is 27.5 Å². The summed E-state index contributed by atoms with van der Waals surface area (Å²) in [6, 6.07) is 3.85. The van der Waals surface area contributed by atoms with E-state index >= 15 is 0 Å². The second-order valence-electron chi connectivity index (χ2n) is 9.08. The summed E-state index contributed by atoms with van der Waals surface area (Å²) in [7, 11) is -3.98. The number of hydrogen-bond donors (Lipinski definition) is 0. The molecule has 1 aliphatic carbocycles. The minimum Gasteiger partial charge on any atom is -0.424 e. The molecule has 0 spiro atoms. The highest BCUT2D eigenvalue weighted by atomic mass is 31.2. The molecule has 0 saturated carbocycles. The molecule has 6 nitrogen and oxygen atoms in total. The molecule has 33 heavy (non-hydrogen) atoms. The summed E-state index contributed by atoms with van der Waals surface area (Å²) in [5.74, 6) is 0.886. The van der Waals surface area contributed by atoms with Gasteiger partial charge in [0, 0.05) is 39.0 Å². The number of unbranched alkanes of at least 4 members (excludes halogenated alkanes) is 2. The van der Waals surface area contributed by atoms with E-state index in [1.165, 1.54) is 33.1 Å². The minimum absolute atomic E-state index is 0.125. The molecule has 0 aliphatic heterocycles. The molecule has 0 saturated heterocycles. The summed E-state index contributed by atoms with van der Waals surface area (Å²) in [5, 5.41) is 0. The number of benzene rings is 1. The fraction of sp³-hybridized carbons (Fsp3) is 0.600. The van der Waals surface area contributed by atoms with Gasteiger partial charge in [0.1, 0.15) is 11.5 Å². The summed E-state index contributed by atoms with van der Waals surface area (Å²) >= 11 is 0. The zero-order valence-electron chi connectivity index (χ0n) is 21.2. The van der Waals surface area contributed by atoms with Crippen LogP contribution in [-0.4, -0.2) is 27.5 Å². The van der Waals surface area contributed by atoms with Crippen LogP contribution in [0, 0.1) is 5.92 Å². The monoisotopic (exact) mass is 498 g/mol. The molecular formula is C25H40O6P2. The van der Waals surface area contributed by atoms with Gasteiger partial charge >= 0.3 is 15.2 Å². The molecule has 0 radical (unpaired) electrons. The highest BCUT2D eigenvalue weighted by Gasteiger charge is 2.34. The Kier molecular flexibility index (Phi) is 10.1. The van der Waals surface area contributed by atoms with Crippen LogP contribution in [0.1, 0.15) is 69.9 Å². The lowest BCUT2D eigenvalue weighted by atomic mass is 9.73. The first-order valence-electron chi connectivity index (χ1n) is 11.6. The van der Waals surface area contributed by atoms with Crippen LogP contribution in [-0.2, 0) is 24.6 Å². The van der Waals surface area contributed by atoms with Crippen LogP contribution in [0.2, 0.25) is 0 Å². The van der Waals surface area contributed by atoms with Gasteiger partial charge in [-0.1, -0.05) is 43.6 Å². The fourth-order valence-electron chi connectivity index (χ4n) is 4.20. The van der Waals surface area contributed by atoms with E-state index in [0.29, 0.717) is 17.1 Å². The molecule has 0 aromatic heterocycles. The maximum absolute atomic E-state index is 12.9. The van der Waals surface area contributed by atoms with Crippen molar-refractivity contribution in [1.29, 1.82) is 0 Å². The molecule has 0 fully saturated rings. The summed E-state index contributed by atoms with van der Waals surface area (Å²) < 4.78 is 48.1. The van der Waals surface area contributed by atoms with E-state index in [1.54, 1.807) is 0 Å². The Morgan fingerprint density at radius 2 is 1.61 bits per heavy atom. The van der Waals surface area contributed by atoms with Gasteiger partial charge in [-0.2, -0.15) is 0 Å². The average molecular weight is 499 g/mol. The van der Waals surface area contributed by atoms with Crippen LogP contribution >= 0.6 is 15.2 Å². The molecule has 0 amide bonds. The van der Waals surface area contributed by atoms with E-state index < -0.39 is 15.2 Å². The Bertz CT molecular complexity index is 921. The van der Waals surface area contributed by atoms with Crippen LogP contribution in [0.3, 0.4) is 0 Å². The lowest BCUT2D eigenvalue weighted by Crippen LogP contribution is -2.19. The van der Waals surface area contributed by atoms with Crippen LogP contribution in [0.25, 0.3) is 0 Å². The van der Waals surface area contributed by atoms with Gasteiger partial charge in [-0.3, -0.25) is 0 Å². The van der Waals surface area contributed by atoms with Gasteiger partial charge in [0.25, 0.3) is 0 Å². The van der Waals surface area contributed by atoms with Gasteiger partial charge in [-0.25, -0.2) is 9.13 Å². The molecule has 4 unspecified atom stereocenters. The first kappa shape index (κ1) is 27.9. The first-order valence-corrected chi connectivity index (χ1v) is 15.6. The molecular weight excluding hydrogens is 458 g/mol. The third-order valence-corrected chi connectivity index (χ3v) is 8.52. The van der Waals surface area contributed by atoms with E-state index in [2.05, 4.69) is 26.5 Å². The van der Waals surface area contributed by atoms with Crippen LogP contribution in [0.5, 0.6) is 11.5 Å². The summed E-state index contributed by atoms with van der Waals surface area (Å²) in [6.45, 7) is 13.4. The number of hydrogen-bond acceptors (Lipinski definition) is 6. The Morgan fingerprint density at radius 1 is 1.06 bits per heavy atom. The van der Waals surface area contributed by atoms with Crippen molar-refractivity contribution < 1.29 is 27.2 Å². The maximum Gasteiger partial charge on any atom is 0.375 e. The Morgan fingerprint density at radius 3 is 2.06 bits per heavy atom. The second-order valence-corrected chi connectivity index (χ2v) is 13.3. The largest absolute Gasteiger partial charge is 0.424 e. The van der Waals surface area contributed by atoms with Crippen LogP contribution < -0.4 is 9.05 Å². The molecule has 186 valence electrons. The highest BCUT2D eigenvalue weighted by molar-refractivity contribution is 7.53. The van der Waals surface area contributed by atoms with Crippen molar-refractivity contribution in [1.82, 2.24) is 0 Å². The Balaban J connectivity index is 2.77. The van der Waals surface area contributed by atoms with E-state index in [4.69, 9.17) is 18.1 Å². The summed E-state index contributed by atoms with van der Waals surface area (Å²) in [4.78, 5) is 0. The van der Waals surface area contributed by atoms with Crippen molar-refractivity contribution in [3.05, 3.63) is 47.1 Å². The highest BCUT2D eigenvalue weighted by Crippen LogP contribution is 2.55. The molecule has 2 rings (SSSR count). The molecule has 8 heteroatoms. The van der Waals surface area contributed by atoms with Gasteiger partial charge < -0.3 is 18.1 Å². The number of allylic oxidation sites excluding steroid dienone is 3. The third kappa shape index (κ3) is 7.86. The average Bonchev–Trinajstić information content (AvgIpc) is 2.73. The van der Waals surface area contributed by atoms with Crippen molar-refractivity contribution in [3.63, 3.8) is 0 Å². The molecule has 1 aromatic carbocycles. The summed E-state index contributed by atoms with van der Waals surface area (Å²) in [6.07, 6.45) is 8.07. The van der Waals surface area contributed by atoms with Crippen LogP contribution in [0.4, 0.5) is 0 Å². The predicted octanol–water partition coefficient (Wildman–Crippen LogP) is 8.13.